The van der Waals surface area contributed by atoms with Crippen LogP contribution < -0.4 is 5.32 Å². The van der Waals surface area contributed by atoms with Crippen molar-refractivity contribution in [1.29, 1.82) is 0 Å². The Labute approximate surface area is 117 Å². The van der Waals surface area contributed by atoms with Crippen molar-refractivity contribution < 1.29 is 19.2 Å². The number of amides is 2. The molecule has 2 amide bonds. The average molecular weight is 276 g/mol. The van der Waals surface area contributed by atoms with E-state index in [4.69, 9.17) is 0 Å². The first-order valence-corrected chi connectivity index (χ1v) is 6.07. The van der Waals surface area contributed by atoms with Crippen LogP contribution in [-0.2, 0) is 14.4 Å². The largest absolute Gasteiger partial charge is 0.431 e. The van der Waals surface area contributed by atoms with Crippen molar-refractivity contribution in [2.45, 2.75) is 6.92 Å². The first-order valence-electron chi connectivity index (χ1n) is 6.07. The molecule has 106 valence electrons. The van der Waals surface area contributed by atoms with Crippen LogP contribution in [0.1, 0.15) is 12.5 Å². The van der Waals surface area contributed by atoms with Gasteiger partial charge in [0.05, 0.1) is 6.54 Å². The molecule has 6 nitrogen and oxygen atoms in total. The molecule has 0 spiro atoms. The lowest BCUT2D eigenvalue weighted by molar-refractivity contribution is -0.168. The molecule has 1 N–H and O–H groups in total. The molecule has 0 saturated heterocycles. The summed E-state index contributed by atoms with van der Waals surface area (Å²) in [6.45, 7) is 1.67. The molecule has 0 aliphatic carbocycles. The van der Waals surface area contributed by atoms with Gasteiger partial charge in [0.2, 0.25) is 5.78 Å². The fraction of sp³-hybridized carbons (Fsp3) is 0.214. The van der Waals surface area contributed by atoms with E-state index in [-0.39, 0.29) is 6.54 Å². The van der Waals surface area contributed by atoms with Crippen LogP contribution in [0.2, 0.25) is 0 Å². The average Bonchev–Trinajstić information content (AvgIpc) is 2.50. The molecule has 0 aromatic heterocycles. The summed E-state index contributed by atoms with van der Waals surface area (Å²) < 4.78 is 0. The number of nitrogens with zero attached hydrogens (tertiary/aromatic N) is 1. The van der Waals surface area contributed by atoms with E-state index in [1.54, 1.807) is 19.1 Å². The molecular formula is C14H16N2O4. The minimum Gasteiger partial charge on any atom is -0.323 e. The van der Waals surface area contributed by atoms with Crippen molar-refractivity contribution >= 4 is 23.9 Å². The number of rotatable bonds is 4. The zero-order valence-corrected chi connectivity index (χ0v) is 11.3. The van der Waals surface area contributed by atoms with Gasteiger partial charge in [-0.1, -0.05) is 36.4 Å². The number of nitrogens with one attached hydrogen (secondary N) is 1. The Morgan fingerprint density at radius 1 is 1.25 bits per heavy atom. The van der Waals surface area contributed by atoms with E-state index in [1.807, 2.05) is 18.2 Å². The quantitative estimate of drug-likeness (QED) is 0.512. The number of hydrogen-bond acceptors (Lipinski definition) is 4. The van der Waals surface area contributed by atoms with E-state index in [9.17, 15) is 14.4 Å². The Bertz CT molecular complexity index is 511. The second-order valence-corrected chi connectivity index (χ2v) is 3.74. The molecule has 0 heterocycles. The maximum Gasteiger partial charge on any atom is 0.431 e. The van der Waals surface area contributed by atoms with Crippen molar-refractivity contribution in [3.8, 4) is 0 Å². The topological polar surface area (TPSA) is 75.7 Å². The molecule has 1 aromatic rings. The first kappa shape index (κ1) is 15.4. The Kier molecular flexibility index (Phi) is 5.96. The summed E-state index contributed by atoms with van der Waals surface area (Å²) in [5.74, 6) is -1.66. The highest BCUT2D eigenvalue weighted by Crippen LogP contribution is 2.02. The first-order chi connectivity index (χ1) is 9.58. The standard InChI is InChI=1S/C14H16N2O4/c1-3-16(20-14(19)15-2)13(18)12(17)10-9-11-7-5-4-6-8-11/h4-10H,3H2,1-2H3,(H,15,19)/b10-9+. The van der Waals surface area contributed by atoms with E-state index in [1.165, 1.54) is 13.1 Å². The van der Waals surface area contributed by atoms with Crippen molar-refractivity contribution in [3.05, 3.63) is 42.0 Å². The van der Waals surface area contributed by atoms with Crippen LogP contribution in [0.25, 0.3) is 6.08 Å². The summed E-state index contributed by atoms with van der Waals surface area (Å²) in [6.07, 6.45) is 1.86. The van der Waals surface area contributed by atoms with Gasteiger partial charge in [-0.05, 0) is 18.6 Å². The summed E-state index contributed by atoms with van der Waals surface area (Å²) in [4.78, 5) is 39.2. The Hall–Kier alpha value is -2.63. The number of benzene rings is 1. The van der Waals surface area contributed by atoms with Crippen LogP contribution in [0.5, 0.6) is 0 Å². The molecule has 20 heavy (non-hydrogen) atoms. The Morgan fingerprint density at radius 3 is 2.45 bits per heavy atom. The molecule has 1 rings (SSSR count). The van der Waals surface area contributed by atoms with Crippen LogP contribution >= 0.6 is 0 Å². The van der Waals surface area contributed by atoms with E-state index in [0.717, 1.165) is 11.6 Å². The van der Waals surface area contributed by atoms with Crippen LogP contribution in [-0.4, -0.2) is 36.4 Å². The maximum atomic E-state index is 11.8. The zero-order chi connectivity index (χ0) is 15.0. The number of carbonyl (C=O) groups excluding carboxylic acids is 3. The number of likely N-dealkylation sites (N-methyl/N-ethyl adjacent to an activating group) is 1. The van der Waals surface area contributed by atoms with Crippen LogP contribution in [0.15, 0.2) is 36.4 Å². The van der Waals surface area contributed by atoms with Crippen molar-refractivity contribution in [2.24, 2.45) is 0 Å². The third-order valence-electron chi connectivity index (χ3n) is 2.35. The van der Waals surface area contributed by atoms with E-state index in [0.29, 0.717) is 5.06 Å². The SMILES string of the molecule is CCN(OC(=O)NC)C(=O)C(=O)/C=C/c1ccccc1. The predicted octanol–water partition coefficient (Wildman–Crippen LogP) is 1.39. The maximum absolute atomic E-state index is 11.8. The van der Waals surface area contributed by atoms with Crippen LogP contribution in [0, 0.1) is 0 Å². The Balaban J connectivity index is 2.68. The monoisotopic (exact) mass is 276 g/mol. The number of hydrogen-bond donors (Lipinski definition) is 1. The normalized spacial score (nSPS) is 10.1. The minimum atomic E-state index is -0.900. The molecule has 0 radical (unpaired) electrons. The van der Waals surface area contributed by atoms with Gasteiger partial charge in [-0.3, -0.25) is 9.59 Å². The summed E-state index contributed by atoms with van der Waals surface area (Å²) in [6, 6.07) is 9.08. The van der Waals surface area contributed by atoms with Crippen molar-refractivity contribution in [3.63, 3.8) is 0 Å². The van der Waals surface area contributed by atoms with Gasteiger partial charge >= 0.3 is 12.0 Å². The molecule has 0 aliphatic heterocycles. The highest BCUT2D eigenvalue weighted by Gasteiger charge is 2.21. The second-order valence-electron chi connectivity index (χ2n) is 3.74. The number of carbonyl (C=O) groups is 3. The number of hydroxylamine groups is 2. The third-order valence-corrected chi connectivity index (χ3v) is 2.35. The summed E-state index contributed by atoms with van der Waals surface area (Å²) in [5, 5.41) is 2.90. The van der Waals surface area contributed by atoms with Gasteiger partial charge in [-0.25, -0.2) is 4.79 Å². The highest BCUT2D eigenvalue weighted by atomic mass is 16.7. The fourth-order valence-corrected chi connectivity index (χ4v) is 1.33. The van der Waals surface area contributed by atoms with Gasteiger partial charge in [0.15, 0.2) is 0 Å². The molecule has 6 heteroatoms. The summed E-state index contributed by atoms with van der Waals surface area (Å²) in [5.41, 5.74) is 0.795. The lowest BCUT2D eigenvalue weighted by Gasteiger charge is -2.17. The lowest BCUT2D eigenvalue weighted by atomic mass is 10.2. The molecule has 0 atom stereocenters. The minimum absolute atomic E-state index is 0.0805. The Morgan fingerprint density at radius 2 is 1.90 bits per heavy atom. The molecule has 0 unspecified atom stereocenters. The molecule has 1 aromatic carbocycles. The van der Waals surface area contributed by atoms with Crippen molar-refractivity contribution in [1.82, 2.24) is 10.4 Å². The predicted molar refractivity (Wildman–Crippen MR) is 73.4 cm³/mol. The van der Waals surface area contributed by atoms with Crippen LogP contribution in [0.4, 0.5) is 4.79 Å². The van der Waals surface area contributed by atoms with Gasteiger partial charge in [0.25, 0.3) is 0 Å². The summed E-state index contributed by atoms with van der Waals surface area (Å²) in [7, 11) is 1.36. The molecular weight excluding hydrogens is 260 g/mol. The van der Waals surface area contributed by atoms with Gasteiger partial charge in [0.1, 0.15) is 0 Å². The second kappa shape index (κ2) is 7.73. The highest BCUT2D eigenvalue weighted by molar-refractivity contribution is 6.41. The van der Waals surface area contributed by atoms with Gasteiger partial charge in [0, 0.05) is 7.05 Å². The lowest BCUT2D eigenvalue weighted by Crippen LogP contribution is -2.39. The van der Waals surface area contributed by atoms with E-state index >= 15 is 0 Å². The van der Waals surface area contributed by atoms with Crippen LogP contribution in [0.3, 0.4) is 0 Å². The number of ketones is 1. The molecule has 0 bridgehead atoms. The van der Waals surface area contributed by atoms with E-state index < -0.39 is 17.8 Å². The molecule has 0 aliphatic rings. The fourth-order valence-electron chi connectivity index (χ4n) is 1.33. The zero-order valence-electron chi connectivity index (χ0n) is 11.3. The van der Waals surface area contributed by atoms with Crippen molar-refractivity contribution in [2.75, 3.05) is 13.6 Å². The summed E-state index contributed by atoms with van der Waals surface area (Å²) >= 11 is 0. The van der Waals surface area contributed by atoms with Gasteiger partial charge in [-0.2, -0.15) is 5.06 Å². The van der Waals surface area contributed by atoms with E-state index in [2.05, 4.69) is 10.2 Å². The smallest absolute Gasteiger partial charge is 0.323 e. The molecule has 0 saturated carbocycles. The van der Waals surface area contributed by atoms with Gasteiger partial charge < -0.3 is 10.2 Å². The third kappa shape index (κ3) is 4.56. The van der Waals surface area contributed by atoms with Gasteiger partial charge in [-0.15, -0.1) is 0 Å². The molecule has 0 fully saturated rings.